The molecule has 0 saturated heterocycles. The Labute approximate surface area is 191 Å². The summed E-state index contributed by atoms with van der Waals surface area (Å²) in [6, 6.07) is 5.37. The number of ether oxygens (including phenoxy) is 2. The SMILES string of the molecule is COc1ccc(C)cc1NC(=O)CNC(=O)COC(=O)CCc1c(C)nc(SC)nc1C. The number of nitrogens with one attached hydrogen (secondary N) is 2. The van der Waals surface area contributed by atoms with E-state index in [1.807, 2.05) is 33.1 Å². The second-order valence-corrected chi connectivity index (χ2v) is 7.82. The van der Waals surface area contributed by atoms with E-state index in [-0.39, 0.29) is 13.0 Å². The fourth-order valence-electron chi connectivity index (χ4n) is 2.95. The number of amides is 2. The molecule has 0 radical (unpaired) electrons. The van der Waals surface area contributed by atoms with E-state index in [0.717, 1.165) is 22.5 Å². The third-order valence-corrected chi connectivity index (χ3v) is 5.15. The maximum atomic E-state index is 12.1. The smallest absolute Gasteiger partial charge is 0.306 e. The number of hydrogen-bond donors (Lipinski definition) is 2. The summed E-state index contributed by atoms with van der Waals surface area (Å²) < 4.78 is 10.2. The second-order valence-electron chi connectivity index (χ2n) is 7.05. The fourth-order valence-corrected chi connectivity index (χ4v) is 3.41. The molecule has 0 bridgehead atoms. The molecular weight excluding hydrogens is 432 g/mol. The zero-order valence-corrected chi connectivity index (χ0v) is 19.7. The Morgan fingerprint density at radius 3 is 2.38 bits per heavy atom. The lowest BCUT2D eigenvalue weighted by atomic mass is 10.1. The molecule has 0 spiro atoms. The van der Waals surface area contributed by atoms with Crippen LogP contribution in [0.25, 0.3) is 0 Å². The standard InChI is InChI=1S/C22H28N4O5S/c1-13-6-8-18(30-4)17(10-13)26-19(27)11-23-20(28)12-31-21(29)9-7-16-14(2)24-22(32-5)25-15(16)3/h6,8,10H,7,9,11-12H2,1-5H3,(H,23,28)(H,26,27). The topological polar surface area (TPSA) is 120 Å². The van der Waals surface area contributed by atoms with Crippen molar-refractivity contribution in [3.8, 4) is 5.75 Å². The van der Waals surface area contributed by atoms with Crippen molar-refractivity contribution in [2.75, 3.05) is 31.8 Å². The van der Waals surface area contributed by atoms with Gasteiger partial charge in [-0.3, -0.25) is 14.4 Å². The van der Waals surface area contributed by atoms with Crippen molar-refractivity contribution in [3.05, 3.63) is 40.7 Å². The van der Waals surface area contributed by atoms with Crippen LogP contribution in [0.15, 0.2) is 23.4 Å². The van der Waals surface area contributed by atoms with Crippen LogP contribution in [0.2, 0.25) is 0 Å². The van der Waals surface area contributed by atoms with E-state index in [1.54, 1.807) is 12.1 Å². The van der Waals surface area contributed by atoms with Crippen molar-refractivity contribution >= 4 is 35.2 Å². The number of anilines is 1. The Balaban J connectivity index is 1.74. The van der Waals surface area contributed by atoms with E-state index in [1.165, 1.54) is 18.9 Å². The maximum absolute atomic E-state index is 12.1. The molecule has 1 aromatic carbocycles. The Bertz CT molecular complexity index is 973. The first-order valence-electron chi connectivity index (χ1n) is 9.98. The summed E-state index contributed by atoms with van der Waals surface area (Å²) in [5.74, 6) is -0.983. The van der Waals surface area contributed by atoms with Crippen LogP contribution in [0.5, 0.6) is 5.75 Å². The molecule has 0 unspecified atom stereocenters. The molecule has 2 amide bonds. The molecule has 0 atom stereocenters. The van der Waals surface area contributed by atoms with E-state index < -0.39 is 24.4 Å². The van der Waals surface area contributed by atoms with Gasteiger partial charge in [0.05, 0.1) is 19.3 Å². The van der Waals surface area contributed by atoms with Crippen LogP contribution in [0.4, 0.5) is 5.69 Å². The number of hydrogen-bond acceptors (Lipinski definition) is 8. The van der Waals surface area contributed by atoms with E-state index in [0.29, 0.717) is 23.0 Å². The summed E-state index contributed by atoms with van der Waals surface area (Å²) in [5.41, 5.74) is 4.01. The second kappa shape index (κ2) is 12.0. The van der Waals surface area contributed by atoms with Crippen molar-refractivity contribution in [2.45, 2.75) is 38.8 Å². The van der Waals surface area contributed by atoms with Crippen molar-refractivity contribution in [1.29, 1.82) is 0 Å². The summed E-state index contributed by atoms with van der Waals surface area (Å²) >= 11 is 1.46. The molecule has 0 aliphatic carbocycles. The molecule has 2 aromatic rings. The molecule has 0 aliphatic heterocycles. The van der Waals surface area contributed by atoms with Crippen LogP contribution in [0.1, 0.15) is 28.9 Å². The summed E-state index contributed by atoms with van der Waals surface area (Å²) in [6.07, 6.45) is 2.43. The van der Waals surface area contributed by atoms with E-state index >= 15 is 0 Å². The predicted octanol–water partition coefficient (Wildman–Crippen LogP) is 2.36. The zero-order chi connectivity index (χ0) is 23.7. The van der Waals surface area contributed by atoms with Gasteiger partial charge in [0.2, 0.25) is 5.91 Å². The fraction of sp³-hybridized carbons (Fsp3) is 0.409. The number of aryl methyl sites for hydroxylation is 3. The molecule has 10 heteroatoms. The highest BCUT2D eigenvalue weighted by molar-refractivity contribution is 7.98. The first-order chi connectivity index (χ1) is 15.2. The lowest BCUT2D eigenvalue weighted by molar-refractivity contribution is -0.148. The Kier molecular flexibility index (Phi) is 9.45. The minimum Gasteiger partial charge on any atom is -0.495 e. The molecule has 32 heavy (non-hydrogen) atoms. The van der Waals surface area contributed by atoms with Crippen molar-refractivity contribution in [2.24, 2.45) is 0 Å². The van der Waals surface area contributed by atoms with Gasteiger partial charge in [0.1, 0.15) is 5.75 Å². The number of methoxy groups -OCH3 is 1. The van der Waals surface area contributed by atoms with Gasteiger partial charge in [0, 0.05) is 17.8 Å². The number of benzene rings is 1. The lowest BCUT2D eigenvalue weighted by Crippen LogP contribution is -2.35. The highest BCUT2D eigenvalue weighted by atomic mass is 32.2. The average molecular weight is 461 g/mol. The molecule has 1 aromatic heterocycles. The summed E-state index contributed by atoms with van der Waals surface area (Å²) in [6.45, 7) is 4.92. The number of esters is 1. The number of carbonyl (C=O) groups is 3. The van der Waals surface area contributed by atoms with Gasteiger partial charge >= 0.3 is 5.97 Å². The number of nitrogens with zero attached hydrogens (tertiary/aromatic N) is 2. The predicted molar refractivity (Wildman–Crippen MR) is 122 cm³/mol. The first kappa shape index (κ1) is 25.1. The van der Waals surface area contributed by atoms with E-state index in [2.05, 4.69) is 20.6 Å². The monoisotopic (exact) mass is 460 g/mol. The molecule has 9 nitrogen and oxygen atoms in total. The highest BCUT2D eigenvalue weighted by Crippen LogP contribution is 2.25. The van der Waals surface area contributed by atoms with Crippen LogP contribution in [-0.2, 0) is 25.5 Å². The Hall–Kier alpha value is -3.14. The molecule has 0 aliphatic rings. The lowest BCUT2D eigenvalue weighted by Gasteiger charge is -2.12. The van der Waals surface area contributed by atoms with Gasteiger partial charge in [-0.2, -0.15) is 0 Å². The van der Waals surface area contributed by atoms with E-state index in [9.17, 15) is 14.4 Å². The summed E-state index contributed by atoms with van der Waals surface area (Å²) in [4.78, 5) is 44.8. The molecule has 2 N–H and O–H groups in total. The summed E-state index contributed by atoms with van der Waals surface area (Å²) in [7, 11) is 1.51. The molecular formula is C22H28N4O5S. The average Bonchev–Trinajstić information content (AvgIpc) is 2.75. The van der Waals surface area contributed by atoms with Gasteiger partial charge in [-0.25, -0.2) is 9.97 Å². The third kappa shape index (κ3) is 7.52. The normalized spacial score (nSPS) is 10.4. The molecule has 0 fully saturated rings. The first-order valence-corrected chi connectivity index (χ1v) is 11.2. The van der Waals surface area contributed by atoms with Gasteiger partial charge in [-0.05, 0) is 56.7 Å². The van der Waals surface area contributed by atoms with Gasteiger partial charge < -0.3 is 20.1 Å². The number of thioether (sulfide) groups is 1. The van der Waals surface area contributed by atoms with E-state index in [4.69, 9.17) is 9.47 Å². The van der Waals surface area contributed by atoms with Gasteiger partial charge in [0.15, 0.2) is 11.8 Å². The van der Waals surface area contributed by atoms with Crippen LogP contribution < -0.4 is 15.4 Å². The van der Waals surface area contributed by atoms with Crippen LogP contribution in [0, 0.1) is 20.8 Å². The van der Waals surface area contributed by atoms with Crippen LogP contribution >= 0.6 is 11.8 Å². The maximum Gasteiger partial charge on any atom is 0.306 e. The quantitative estimate of drug-likeness (QED) is 0.315. The molecule has 0 saturated carbocycles. The number of aromatic nitrogens is 2. The van der Waals surface area contributed by atoms with Gasteiger partial charge in [0.25, 0.3) is 5.91 Å². The molecule has 1 heterocycles. The van der Waals surface area contributed by atoms with Crippen molar-refractivity contribution in [1.82, 2.24) is 15.3 Å². The van der Waals surface area contributed by atoms with Crippen LogP contribution in [-0.4, -0.2) is 54.3 Å². The van der Waals surface area contributed by atoms with Gasteiger partial charge in [-0.1, -0.05) is 17.8 Å². The minimum atomic E-state index is -0.565. The number of rotatable bonds is 10. The number of carbonyl (C=O) groups excluding carboxylic acids is 3. The van der Waals surface area contributed by atoms with Crippen molar-refractivity contribution < 1.29 is 23.9 Å². The molecule has 2 rings (SSSR count). The largest absolute Gasteiger partial charge is 0.495 e. The highest BCUT2D eigenvalue weighted by Gasteiger charge is 2.14. The van der Waals surface area contributed by atoms with Crippen molar-refractivity contribution in [3.63, 3.8) is 0 Å². The summed E-state index contributed by atoms with van der Waals surface area (Å²) in [5, 5.41) is 5.79. The Morgan fingerprint density at radius 1 is 1.06 bits per heavy atom. The Morgan fingerprint density at radius 2 is 1.75 bits per heavy atom. The third-order valence-electron chi connectivity index (χ3n) is 4.60. The molecule has 172 valence electrons. The minimum absolute atomic E-state index is 0.102. The zero-order valence-electron chi connectivity index (χ0n) is 18.9. The van der Waals surface area contributed by atoms with Gasteiger partial charge in [-0.15, -0.1) is 0 Å². The van der Waals surface area contributed by atoms with Crippen LogP contribution in [0.3, 0.4) is 0 Å².